The maximum Gasteiger partial charge on any atom is 0.191 e. The van der Waals surface area contributed by atoms with Gasteiger partial charge in [0.2, 0.25) is 0 Å². The van der Waals surface area contributed by atoms with E-state index in [4.69, 9.17) is 4.42 Å². The van der Waals surface area contributed by atoms with Gasteiger partial charge >= 0.3 is 0 Å². The van der Waals surface area contributed by atoms with E-state index < -0.39 is 5.60 Å². The highest BCUT2D eigenvalue weighted by molar-refractivity contribution is 5.80. The molecule has 1 aliphatic carbocycles. The van der Waals surface area contributed by atoms with Gasteiger partial charge in [0.05, 0.1) is 6.54 Å². The standard InChI is InChI=1S/C17H29N3O2/c1-5-7-13-10-14(13)20-16(18-6-2)19-11-17(4,21)15-9-8-12(3)22-15/h8-9,13-14,21H,5-7,10-11H2,1-4H3,(H2,18,19,20). The van der Waals surface area contributed by atoms with Crippen LogP contribution >= 0.6 is 0 Å². The Labute approximate surface area is 133 Å². The van der Waals surface area contributed by atoms with E-state index in [1.54, 1.807) is 6.92 Å². The van der Waals surface area contributed by atoms with E-state index in [9.17, 15) is 5.11 Å². The Morgan fingerprint density at radius 3 is 2.82 bits per heavy atom. The lowest BCUT2D eigenvalue weighted by Crippen LogP contribution is -2.40. The number of hydrogen-bond donors (Lipinski definition) is 3. The fraction of sp³-hybridized carbons (Fsp3) is 0.706. The SMILES string of the molecule is CCCC1CC1NC(=NCC(C)(O)c1ccc(C)o1)NCC. The molecule has 1 aromatic heterocycles. The molecule has 2 rings (SSSR count). The highest BCUT2D eigenvalue weighted by atomic mass is 16.4. The van der Waals surface area contributed by atoms with Gasteiger partial charge < -0.3 is 20.2 Å². The van der Waals surface area contributed by atoms with Crippen molar-refractivity contribution in [2.45, 2.75) is 58.6 Å². The van der Waals surface area contributed by atoms with Gasteiger partial charge in [-0.2, -0.15) is 0 Å². The van der Waals surface area contributed by atoms with Gasteiger partial charge in [-0.3, -0.25) is 0 Å². The number of furan rings is 1. The molecule has 1 aliphatic rings. The van der Waals surface area contributed by atoms with Gasteiger partial charge in [-0.15, -0.1) is 0 Å². The molecular formula is C17H29N3O2. The van der Waals surface area contributed by atoms with Crippen LogP contribution in [0.3, 0.4) is 0 Å². The molecule has 3 atom stereocenters. The first kappa shape index (κ1) is 16.9. The molecule has 3 N–H and O–H groups in total. The Balaban J connectivity index is 1.94. The predicted molar refractivity (Wildman–Crippen MR) is 88.9 cm³/mol. The first-order chi connectivity index (χ1) is 10.5. The molecule has 1 heterocycles. The first-order valence-electron chi connectivity index (χ1n) is 8.30. The van der Waals surface area contributed by atoms with Crippen molar-refractivity contribution < 1.29 is 9.52 Å². The van der Waals surface area contributed by atoms with Crippen molar-refractivity contribution in [1.29, 1.82) is 0 Å². The summed E-state index contributed by atoms with van der Waals surface area (Å²) < 4.78 is 5.52. The number of rotatable bonds is 7. The van der Waals surface area contributed by atoms with Crippen molar-refractivity contribution in [2.75, 3.05) is 13.1 Å². The van der Waals surface area contributed by atoms with E-state index >= 15 is 0 Å². The van der Waals surface area contributed by atoms with Crippen LogP contribution in [0, 0.1) is 12.8 Å². The molecule has 124 valence electrons. The van der Waals surface area contributed by atoms with Gasteiger partial charge in [-0.25, -0.2) is 4.99 Å². The minimum absolute atomic E-state index is 0.264. The third kappa shape index (κ3) is 4.50. The van der Waals surface area contributed by atoms with Crippen LogP contribution in [0.25, 0.3) is 0 Å². The minimum Gasteiger partial charge on any atom is -0.463 e. The van der Waals surface area contributed by atoms with E-state index in [-0.39, 0.29) is 6.54 Å². The first-order valence-corrected chi connectivity index (χ1v) is 8.30. The van der Waals surface area contributed by atoms with Crippen LogP contribution in [0.4, 0.5) is 0 Å². The van der Waals surface area contributed by atoms with E-state index in [2.05, 4.69) is 22.5 Å². The highest BCUT2D eigenvalue weighted by Gasteiger charge is 2.36. The summed E-state index contributed by atoms with van der Waals surface area (Å²) in [5, 5.41) is 17.2. The molecule has 1 aromatic rings. The Morgan fingerprint density at radius 2 is 2.23 bits per heavy atom. The second-order valence-electron chi connectivity index (χ2n) is 6.41. The number of nitrogens with one attached hydrogen (secondary N) is 2. The van der Waals surface area contributed by atoms with E-state index in [1.807, 2.05) is 26.0 Å². The lowest BCUT2D eigenvalue weighted by molar-refractivity contribution is 0.0428. The number of hydrogen-bond acceptors (Lipinski definition) is 3. The van der Waals surface area contributed by atoms with Gasteiger partial charge in [-0.1, -0.05) is 13.3 Å². The van der Waals surface area contributed by atoms with E-state index in [0.717, 1.165) is 24.2 Å². The van der Waals surface area contributed by atoms with Crippen molar-refractivity contribution in [3.8, 4) is 0 Å². The molecule has 0 aromatic carbocycles. The molecule has 0 bridgehead atoms. The number of guanidine groups is 1. The fourth-order valence-electron chi connectivity index (χ4n) is 2.64. The smallest absolute Gasteiger partial charge is 0.191 e. The number of nitrogens with zero attached hydrogens (tertiary/aromatic N) is 1. The molecule has 0 saturated heterocycles. The quantitative estimate of drug-likeness (QED) is 0.535. The average Bonchev–Trinajstić information content (AvgIpc) is 3.02. The minimum atomic E-state index is -1.09. The molecule has 0 amide bonds. The lowest BCUT2D eigenvalue weighted by atomic mass is 10.0. The number of aliphatic imine (C=N–C) groups is 1. The summed E-state index contributed by atoms with van der Waals surface area (Å²) >= 11 is 0. The summed E-state index contributed by atoms with van der Waals surface area (Å²) in [6, 6.07) is 4.19. The van der Waals surface area contributed by atoms with Gasteiger partial charge in [-0.05, 0) is 51.7 Å². The number of aliphatic hydroxyl groups is 1. The summed E-state index contributed by atoms with van der Waals surface area (Å²) in [6.07, 6.45) is 3.70. The second kappa shape index (κ2) is 7.18. The Morgan fingerprint density at radius 1 is 1.45 bits per heavy atom. The van der Waals surface area contributed by atoms with Crippen LogP contribution in [0.2, 0.25) is 0 Å². The van der Waals surface area contributed by atoms with Gasteiger partial charge in [0.1, 0.15) is 17.1 Å². The zero-order chi connectivity index (χ0) is 16.2. The van der Waals surface area contributed by atoms with Gasteiger partial charge in [0.15, 0.2) is 5.96 Å². The van der Waals surface area contributed by atoms with Crippen molar-refractivity contribution >= 4 is 5.96 Å². The topological polar surface area (TPSA) is 69.8 Å². The second-order valence-corrected chi connectivity index (χ2v) is 6.41. The summed E-state index contributed by atoms with van der Waals surface area (Å²) in [7, 11) is 0. The monoisotopic (exact) mass is 307 g/mol. The van der Waals surface area contributed by atoms with E-state index in [1.165, 1.54) is 19.3 Å². The molecule has 3 unspecified atom stereocenters. The van der Waals surface area contributed by atoms with Gasteiger partial charge in [0.25, 0.3) is 0 Å². The summed E-state index contributed by atoms with van der Waals surface area (Å²) in [4.78, 5) is 4.53. The summed E-state index contributed by atoms with van der Waals surface area (Å²) in [5.74, 6) is 2.89. The lowest BCUT2D eigenvalue weighted by Gasteiger charge is -2.19. The van der Waals surface area contributed by atoms with Gasteiger partial charge in [0, 0.05) is 12.6 Å². The molecule has 1 fully saturated rings. The van der Waals surface area contributed by atoms with E-state index in [0.29, 0.717) is 11.8 Å². The van der Waals surface area contributed by atoms with Crippen molar-refractivity contribution in [3.63, 3.8) is 0 Å². The number of aryl methyl sites for hydroxylation is 1. The zero-order valence-corrected chi connectivity index (χ0v) is 14.1. The molecule has 0 spiro atoms. The summed E-state index contributed by atoms with van der Waals surface area (Å²) in [6.45, 7) is 8.93. The largest absolute Gasteiger partial charge is 0.463 e. The maximum atomic E-state index is 10.5. The van der Waals surface area contributed by atoms with Crippen LogP contribution in [-0.2, 0) is 5.60 Å². The maximum absolute atomic E-state index is 10.5. The van der Waals surface area contributed by atoms with Crippen molar-refractivity contribution in [1.82, 2.24) is 10.6 Å². The van der Waals surface area contributed by atoms with Crippen LogP contribution in [0.15, 0.2) is 21.5 Å². The molecule has 0 aliphatic heterocycles. The summed E-state index contributed by atoms with van der Waals surface area (Å²) in [5.41, 5.74) is -1.09. The van der Waals surface area contributed by atoms with Crippen molar-refractivity contribution in [3.05, 3.63) is 23.7 Å². The van der Waals surface area contributed by atoms with Crippen LogP contribution in [0.1, 0.15) is 51.6 Å². The predicted octanol–water partition coefficient (Wildman–Crippen LogP) is 2.54. The fourth-order valence-corrected chi connectivity index (χ4v) is 2.64. The Bertz CT molecular complexity index is 508. The van der Waals surface area contributed by atoms with Crippen LogP contribution < -0.4 is 10.6 Å². The van der Waals surface area contributed by atoms with Crippen molar-refractivity contribution in [2.24, 2.45) is 10.9 Å². The molecule has 22 heavy (non-hydrogen) atoms. The highest BCUT2D eigenvalue weighted by Crippen LogP contribution is 2.34. The third-order valence-electron chi connectivity index (χ3n) is 4.06. The molecule has 5 heteroatoms. The normalized spacial score (nSPS) is 24.0. The average molecular weight is 307 g/mol. The zero-order valence-electron chi connectivity index (χ0n) is 14.1. The molecule has 1 saturated carbocycles. The Kier molecular flexibility index (Phi) is 5.51. The molecular weight excluding hydrogens is 278 g/mol. The van der Waals surface area contributed by atoms with Crippen LogP contribution in [-0.4, -0.2) is 30.2 Å². The third-order valence-corrected chi connectivity index (χ3v) is 4.06. The molecule has 5 nitrogen and oxygen atoms in total. The molecule has 0 radical (unpaired) electrons. The Hall–Kier alpha value is -1.49. The van der Waals surface area contributed by atoms with Crippen LogP contribution in [0.5, 0.6) is 0 Å².